The number of aromatic nitrogens is 2. The van der Waals surface area contributed by atoms with Gasteiger partial charge in [-0.25, -0.2) is 14.4 Å². The van der Waals surface area contributed by atoms with Crippen LogP contribution in [0.25, 0.3) is 21.6 Å². The molecule has 0 saturated carbocycles. The Morgan fingerprint density at radius 2 is 1.57 bits per heavy atom. The van der Waals surface area contributed by atoms with Crippen molar-refractivity contribution in [1.82, 2.24) is 15.1 Å². The Balaban J connectivity index is 1.43. The molecule has 1 aliphatic rings. The van der Waals surface area contributed by atoms with Crippen molar-refractivity contribution in [2.45, 2.75) is 78.4 Å². The molecule has 15 nitrogen and oxygen atoms in total. The van der Waals surface area contributed by atoms with Gasteiger partial charge in [0.1, 0.15) is 23.6 Å². The van der Waals surface area contributed by atoms with Gasteiger partial charge in [-0.2, -0.15) is 4.68 Å². The van der Waals surface area contributed by atoms with Crippen LogP contribution < -0.4 is 14.7 Å². The number of carbonyl (C=O) groups is 4. The third kappa shape index (κ3) is 10.3. The molecule has 15 heteroatoms. The summed E-state index contributed by atoms with van der Waals surface area (Å²) in [6.07, 6.45) is 2.61. The lowest BCUT2D eigenvalue weighted by Crippen LogP contribution is -2.44. The molecule has 0 saturated heterocycles. The van der Waals surface area contributed by atoms with Crippen LogP contribution in [0.3, 0.4) is 0 Å². The number of nitrogens with zero attached hydrogens (tertiary/aromatic N) is 6. The van der Waals surface area contributed by atoms with Crippen LogP contribution >= 0.6 is 0 Å². The summed E-state index contributed by atoms with van der Waals surface area (Å²) >= 11 is 0. The zero-order chi connectivity index (χ0) is 35.8. The number of hydrogen-bond donors (Lipinski definition) is 1. The highest BCUT2D eigenvalue weighted by Crippen LogP contribution is 2.26. The fourth-order valence-electron chi connectivity index (χ4n) is 4.79. The van der Waals surface area contributed by atoms with E-state index >= 15 is 0 Å². The molecule has 0 aliphatic carbocycles. The number of ether oxygens (including phenoxy) is 3. The predicted octanol–water partition coefficient (Wildman–Crippen LogP) is 4.98. The smallest absolute Gasteiger partial charge is 0.407 e. The molecule has 260 valence electrons. The lowest BCUT2D eigenvalue weighted by atomic mass is 10.1. The van der Waals surface area contributed by atoms with Gasteiger partial charge in [-0.1, -0.05) is 29.4 Å². The van der Waals surface area contributed by atoms with E-state index < -0.39 is 41.2 Å². The van der Waals surface area contributed by atoms with Crippen molar-refractivity contribution >= 4 is 23.9 Å². The van der Waals surface area contributed by atoms with Crippen molar-refractivity contribution in [3.8, 4) is 16.9 Å². The van der Waals surface area contributed by atoms with Gasteiger partial charge in [-0.15, -0.1) is 9.75 Å². The van der Waals surface area contributed by atoms with Gasteiger partial charge in [0.05, 0.1) is 36.0 Å². The summed E-state index contributed by atoms with van der Waals surface area (Å²) in [5.41, 5.74) is 9.39. The molecular weight excluding hydrogens is 634 g/mol. The third-order valence-electron chi connectivity index (χ3n) is 6.88. The van der Waals surface area contributed by atoms with E-state index in [9.17, 15) is 19.2 Å². The average molecular weight is 677 g/mol. The van der Waals surface area contributed by atoms with Gasteiger partial charge < -0.3 is 19.5 Å². The molecule has 1 atom stereocenters. The Morgan fingerprint density at radius 3 is 2.16 bits per heavy atom. The Bertz CT molecular complexity index is 1680. The number of fused-ring (bicyclic) bond motifs is 1. The topological polar surface area (TPSA) is 178 Å². The normalized spacial score (nSPS) is 13.4. The molecule has 0 spiro atoms. The molecule has 0 fully saturated rings. The summed E-state index contributed by atoms with van der Waals surface area (Å²) in [5, 5.41) is 6.97. The number of carbonyl (C=O) groups excluding carboxylic acids is 4. The molecule has 2 aromatic carbocycles. The lowest BCUT2D eigenvalue weighted by molar-refractivity contribution is -0.773. The van der Waals surface area contributed by atoms with Gasteiger partial charge in [0.15, 0.2) is 6.54 Å². The number of aryl methyl sites for hydroxylation is 1. The van der Waals surface area contributed by atoms with Crippen LogP contribution in [0.5, 0.6) is 5.75 Å². The summed E-state index contributed by atoms with van der Waals surface area (Å²) in [4.78, 5) is 59.3. The lowest BCUT2D eigenvalue weighted by Gasteiger charge is -2.26. The van der Waals surface area contributed by atoms with Gasteiger partial charge in [0, 0.05) is 11.5 Å². The molecule has 1 aliphatic heterocycles. The van der Waals surface area contributed by atoms with E-state index in [0.29, 0.717) is 36.9 Å². The zero-order valence-corrected chi connectivity index (χ0v) is 28.5. The number of amides is 3. The van der Waals surface area contributed by atoms with E-state index in [1.165, 1.54) is 12.1 Å². The Labute approximate surface area is 284 Å². The van der Waals surface area contributed by atoms with Gasteiger partial charge in [0.2, 0.25) is 12.3 Å². The van der Waals surface area contributed by atoms with Gasteiger partial charge in [-0.05, 0) is 83.3 Å². The molecule has 1 aromatic heterocycles. The first-order valence-corrected chi connectivity index (χ1v) is 15.8. The van der Waals surface area contributed by atoms with Crippen LogP contribution in [0, 0.1) is 0 Å². The highest BCUT2D eigenvalue weighted by Gasteiger charge is 2.40. The fraction of sp³-hybridized carbons (Fsp3) is 0.441. The monoisotopic (exact) mass is 676 g/mol. The maximum absolute atomic E-state index is 13.1. The minimum absolute atomic E-state index is 0.178. The van der Waals surface area contributed by atoms with Crippen molar-refractivity contribution in [2.75, 3.05) is 19.7 Å². The molecule has 1 N–H and O–H groups in total. The maximum Gasteiger partial charge on any atom is 0.407 e. The van der Waals surface area contributed by atoms with Gasteiger partial charge >= 0.3 is 12.1 Å². The second-order valence-electron chi connectivity index (χ2n) is 13.2. The first-order valence-electron chi connectivity index (χ1n) is 15.8. The van der Waals surface area contributed by atoms with Crippen LogP contribution in [0.2, 0.25) is 0 Å². The summed E-state index contributed by atoms with van der Waals surface area (Å²) in [6, 6.07) is 13.4. The minimum atomic E-state index is -1.42. The molecule has 3 amide bonds. The number of esters is 1. The Morgan fingerprint density at radius 1 is 0.939 bits per heavy atom. The number of benzene rings is 2. The van der Waals surface area contributed by atoms with Crippen LogP contribution in [-0.4, -0.2) is 70.6 Å². The Kier molecular flexibility index (Phi) is 11.6. The first-order chi connectivity index (χ1) is 23.1. The minimum Gasteiger partial charge on any atom is -0.490 e. The maximum atomic E-state index is 13.1. The number of alkyl carbamates (subject to hydrolysis) is 1. The van der Waals surface area contributed by atoms with Crippen LogP contribution in [0.15, 0.2) is 66.0 Å². The second-order valence-corrected chi connectivity index (χ2v) is 13.2. The molecule has 49 heavy (non-hydrogen) atoms. The molecule has 1 unspecified atom stereocenters. The quantitative estimate of drug-likeness (QED) is 0.0472. The highest BCUT2D eigenvalue weighted by atomic mass is 16.7. The molecule has 3 aromatic rings. The van der Waals surface area contributed by atoms with Gasteiger partial charge in [-0.3, -0.25) is 9.59 Å². The number of imide groups is 1. The van der Waals surface area contributed by atoms with E-state index in [-0.39, 0.29) is 24.3 Å². The number of nitrogens with one attached hydrogen (secondary N) is 1. The molecule has 2 heterocycles. The standard InChI is InChI=1S/C34H41N7O8/c1-33(2,3)47-31(44)28(49-41-29(42)26-10-7-8-11-27(26)30(41)43)22-46-25-14-12-23(13-15-25)24-20-39(40(21-24)19-17-37-38-35)18-9-16-36-32(45)48-34(4,5)6/h7-8,10-15,20-21,28H,9,16-19,22H2,1-6H3/p+1. The molecule has 0 radical (unpaired) electrons. The summed E-state index contributed by atoms with van der Waals surface area (Å²) < 4.78 is 20.6. The fourth-order valence-corrected chi connectivity index (χ4v) is 4.79. The Hall–Kier alpha value is -5.40. The number of hydrogen-bond acceptors (Lipinski definition) is 9. The third-order valence-corrected chi connectivity index (χ3v) is 6.88. The summed E-state index contributed by atoms with van der Waals surface area (Å²) in [6.45, 7) is 11.8. The van der Waals surface area contributed by atoms with E-state index in [1.54, 1.807) is 65.8 Å². The van der Waals surface area contributed by atoms with Crippen LogP contribution in [0.4, 0.5) is 4.79 Å². The zero-order valence-electron chi connectivity index (χ0n) is 28.5. The molecule has 4 rings (SSSR count). The molecular formula is C34H42N7O8+. The summed E-state index contributed by atoms with van der Waals surface area (Å²) in [7, 11) is 0. The second kappa shape index (κ2) is 15.7. The van der Waals surface area contributed by atoms with Crippen molar-refractivity contribution in [1.29, 1.82) is 0 Å². The number of azide groups is 1. The first kappa shape index (κ1) is 36.4. The van der Waals surface area contributed by atoms with Gasteiger partial charge in [0.25, 0.3) is 11.8 Å². The van der Waals surface area contributed by atoms with Crippen molar-refractivity contribution in [2.24, 2.45) is 5.11 Å². The van der Waals surface area contributed by atoms with Crippen LogP contribution in [0.1, 0.15) is 68.7 Å². The van der Waals surface area contributed by atoms with E-state index in [1.807, 2.05) is 33.9 Å². The van der Waals surface area contributed by atoms with Crippen molar-refractivity contribution in [3.05, 3.63) is 82.5 Å². The molecule has 0 bridgehead atoms. The van der Waals surface area contributed by atoms with Crippen molar-refractivity contribution in [3.63, 3.8) is 0 Å². The van der Waals surface area contributed by atoms with E-state index in [4.69, 9.17) is 24.6 Å². The summed E-state index contributed by atoms with van der Waals surface area (Å²) in [5.74, 6) is -1.75. The van der Waals surface area contributed by atoms with E-state index in [0.717, 1.165) is 11.1 Å². The van der Waals surface area contributed by atoms with E-state index in [2.05, 4.69) is 15.3 Å². The largest absolute Gasteiger partial charge is 0.490 e. The highest BCUT2D eigenvalue weighted by molar-refractivity contribution is 6.20. The average Bonchev–Trinajstić information content (AvgIpc) is 3.54. The number of rotatable bonds is 14. The SMILES string of the molecule is CC(C)(C)OC(=O)NCCCn1cc(-c2ccc(OCC(ON3C(=O)c4ccccc4C3=O)C(=O)OC(C)(C)C)cc2)c[n+]1CCN=[N+]=[N-]. The van der Waals surface area contributed by atoms with Crippen molar-refractivity contribution < 1.29 is 42.9 Å². The number of hydroxylamine groups is 2. The predicted molar refractivity (Wildman–Crippen MR) is 176 cm³/mol. The van der Waals surface area contributed by atoms with Crippen LogP contribution in [-0.2, 0) is 32.2 Å².